The fourth-order valence-corrected chi connectivity index (χ4v) is 3.46. The minimum atomic E-state index is -0.410. The number of piperidine rings is 1. The van der Waals surface area contributed by atoms with E-state index in [0.29, 0.717) is 6.04 Å². The van der Waals surface area contributed by atoms with Gasteiger partial charge in [-0.25, -0.2) is 4.79 Å². The van der Waals surface area contributed by atoms with Gasteiger partial charge in [0.2, 0.25) is 0 Å². The number of nitrogens with one attached hydrogen (secondary N) is 1. The summed E-state index contributed by atoms with van der Waals surface area (Å²) in [6, 6.07) is 0.693. The Kier molecular flexibility index (Phi) is 5.18. The molecule has 1 atom stereocenters. The van der Waals surface area contributed by atoms with E-state index >= 15 is 0 Å². The van der Waals surface area contributed by atoms with Gasteiger partial charge >= 0.3 is 6.09 Å². The highest BCUT2D eigenvalue weighted by molar-refractivity contribution is 5.68. The minimum absolute atomic E-state index is 0.158. The van der Waals surface area contributed by atoms with E-state index in [1.165, 1.54) is 32.1 Å². The van der Waals surface area contributed by atoms with Gasteiger partial charge in [0.25, 0.3) is 0 Å². The highest BCUT2D eigenvalue weighted by Crippen LogP contribution is 2.30. The standard InChI is InChI=1S/C17H32N2O2/c1-16(2,3)21-15(20)19-11-7-10-17(4,13-19)12-18-14-8-5-6-9-14/h14,18H,5-13H2,1-4H3. The van der Waals surface area contributed by atoms with Crippen LogP contribution in [0.3, 0.4) is 0 Å². The van der Waals surface area contributed by atoms with Gasteiger partial charge in [-0.2, -0.15) is 0 Å². The van der Waals surface area contributed by atoms with E-state index in [4.69, 9.17) is 4.74 Å². The summed E-state index contributed by atoms with van der Waals surface area (Å²) in [5.41, 5.74) is -0.231. The highest BCUT2D eigenvalue weighted by atomic mass is 16.6. The first-order valence-electron chi connectivity index (χ1n) is 8.49. The molecule has 0 radical (unpaired) electrons. The molecule has 0 aromatic carbocycles. The molecular formula is C17H32N2O2. The third kappa shape index (κ3) is 5.17. The summed E-state index contributed by atoms with van der Waals surface area (Å²) in [6.07, 6.45) is 7.44. The van der Waals surface area contributed by atoms with E-state index < -0.39 is 5.60 Å². The second-order valence-corrected chi connectivity index (χ2v) is 8.18. The van der Waals surface area contributed by atoms with Crippen LogP contribution in [-0.4, -0.2) is 42.3 Å². The van der Waals surface area contributed by atoms with Crippen molar-refractivity contribution >= 4 is 6.09 Å². The molecule has 0 aromatic heterocycles. The molecule has 1 aliphatic carbocycles. The Hall–Kier alpha value is -0.770. The van der Waals surface area contributed by atoms with E-state index in [2.05, 4.69) is 12.2 Å². The van der Waals surface area contributed by atoms with Gasteiger partial charge in [0.15, 0.2) is 0 Å². The lowest BCUT2D eigenvalue weighted by Gasteiger charge is -2.41. The molecule has 1 saturated heterocycles. The van der Waals surface area contributed by atoms with Gasteiger partial charge in [0.05, 0.1) is 0 Å². The van der Waals surface area contributed by atoms with E-state index in [-0.39, 0.29) is 11.5 Å². The molecule has 0 aromatic rings. The van der Waals surface area contributed by atoms with Crippen LogP contribution in [0.4, 0.5) is 4.79 Å². The molecule has 1 heterocycles. The molecule has 1 aliphatic heterocycles. The smallest absolute Gasteiger partial charge is 0.410 e. The maximum atomic E-state index is 12.2. The Morgan fingerprint density at radius 1 is 1.29 bits per heavy atom. The molecule has 21 heavy (non-hydrogen) atoms. The van der Waals surface area contributed by atoms with Crippen molar-refractivity contribution in [3.8, 4) is 0 Å². The number of carbonyl (C=O) groups is 1. The quantitative estimate of drug-likeness (QED) is 0.866. The topological polar surface area (TPSA) is 41.6 Å². The fraction of sp³-hybridized carbons (Fsp3) is 0.941. The third-order valence-electron chi connectivity index (χ3n) is 4.61. The molecule has 1 unspecified atom stereocenters. The fourth-order valence-electron chi connectivity index (χ4n) is 3.46. The van der Waals surface area contributed by atoms with Crippen LogP contribution in [0.5, 0.6) is 0 Å². The lowest BCUT2D eigenvalue weighted by Crippen LogP contribution is -2.51. The first-order chi connectivity index (χ1) is 9.77. The van der Waals surface area contributed by atoms with Gasteiger partial charge in [-0.1, -0.05) is 19.8 Å². The van der Waals surface area contributed by atoms with Gasteiger partial charge in [0, 0.05) is 25.7 Å². The molecular weight excluding hydrogens is 264 g/mol. The molecule has 2 aliphatic rings. The Balaban J connectivity index is 1.84. The predicted molar refractivity (Wildman–Crippen MR) is 85.4 cm³/mol. The van der Waals surface area contributed by atoms with Crippen LogP contribution >= 0.6 is 0 Å². The first kappa shape index (κ1) is 16.6. The van der Waals surface area contributed by atoms with Crippen LogP contribution in [0.2, 0.25) is 0 Å². The van der Waals surface area contributed by atoms with Gasteiger partial charge < -0.3 is 15.0 Å². The number of ether oxygens (including phenoxy) is 1. The van der Waals surface area contributed by atoms with Crippen LogP contribution < -0.4 is 5.32 Å². The molecule has 0 bridgehead atoms. The van der Waals surface area contributed by atoms with Gasteiger partial charge in [-0.15, -0.1) is 0 Å². The molecule has 0 spiro atoms. The molecule has 1 saturated carbocycles. The lowest BCUT2D eigenvalue weighted by molar-refractivity contribution is 0.00650. The van der Waals surface area contributed by atoms with Gasteiger partial charge in [-0.3, -0.25) is 0 Å². The monoisotopic (exact) mass is 296 g/mol. The van der Waals surface area contributed by atoms with E-state index in [0.717, 1.165) is 26.1 Å². The Bertz CT molecular complexity index is 358. The second kappa shape index (κ2) is 6.55. The summed E-state index contributed by atoms with van der Waals surface area (Å²) in [5, 5.41) is 3.72. The summed E-state index contributed by atoms with van der Waals surface area (Å²) >= 11 is 0. The summed E-state index contributed by atoms with van der Waals surface area (Å²) in [4.78, 5) is 14.1. The van der Waals surface area contributed by atoms with Crippen molar-refractivity contribution in [1.29, 1.82) is 0 Å². The zero-order valence-corrected chi connectivity index (χ0v) is 14.2. The Labute approximate surface area is 129 Å². The van der Waals surface area contributed by atoms with E-state index in [1.54, 1.807) is 0 Å². The molecule has 1 N–H and O–H groups in total. The zero-order valence-electron chi connectivity index (χ0n) is 14.2. The van der Waals surface area contributed by atoms with Crippen LogP contribution in [0.25, 0.3) is 0 Å². The molecule has 1 amide bonds. The summed E-state index contributed by atoms with van der Waals surface area (Å²) in [5.74, 6) is 0. The Morgan fingerprint density at radius 2 is 1.95 bits per heavy atom. The number of likely N-dealkylation sites (tertiary alicyclic amines) is 1. The van der Waals surface area contributed by atoms with Crippen molar-refractivity contribution in [3.05, 3.63) is 0 Å². The number of rotatable bonds is 3. The number of nitrogens with zero attached hydrogens (tertiary/aromatic N) is 1. The molecule has 2 rings (SSSR count). The van der Waals surface area contributed by atoms with Crippen molar-refractivity contribution in [1.82, 2.24) is 10.2 Å². The largest absolute Gasteiger partial charge is 0.444 e. The minimum Gasteiger partial charge on any atom is -0.444 e. The van der Waals surface area contributed by atoms with Crippen LogP contribution in [0, 0.1) is 5.41 Å². The van der Waals surface area contributed by atoms with Crippen molar-refractivity contribution in [2.24, 2.45) is 5.41 Å². The zero-order chi connectivity index (χ0) is 15.5. The number of hydrogen-bond acceptors (Lipinski definition) is 3. The average Bonchev–Trinajstić information content (AvgIpc) is 2.88. The van der Waals surface area contributed by atoms with Crippen LogP contribution in [0.1, 0.15) is 66.2 Å². The summed E-state index contributed by atoms with van der Waals surface area (Å²) in [7, 11) is 0. The number of hydrogen-bond donors (Lipinski definition) is 1. The number of amides is 1. The van der Waals surface area contributed by atoms with Crippen LogP contribution in [0.15, 0.2) is 0 Å². The van der Waals surface area contributed by atoms with Crippen molar-refractivity contribution in [3.63, 3.8) is 0 Å². The Morgan fingerprint density at radius 3 is 2.57 bits per heavy atom. The van der Waals surface area contributed by atoms with Crippen molar-refractivity contribution in [2.75, 3.05) is 19.6 Å². The maximum absolute atomic E-state index is 12.2. The predicted octanol–water partition coefficient (Wildman–Crippen LogP) is 3.56. The first-order valence-corrected chi connectivity index (χ1v) is 8.49. The summed E-state index contributed by atoms with van der Waals surface area (Å²) in [6.45, 7) is 10.7. The third-order valence-corrected chi connectivity index (χ3v) is 4.61. The summed E-state index contributed by atoms with van der Waals surface area (Å²) < 4.78 is 5.52. The van der Waals surface area contributed by atoms with Gasteiger partial charge in [0.1, 0.15) is 5.60 Å². The molecule has 4 heteroatoms. The van der Waals surface area contributed by atoms with E-state index in [1.807, 2.05) is 25.7 Å². The second-order valence-electron chi connectivity index (χ2n) is 8.18. The average molecular weight is 296 g/mol. The van der Waals surface area contributed by atoms with Crippen molar-refractivity contribution < 1.29 is 9.53 Å². The maximum Gasteiger partial charge on any atom is 0.410 e. The lowest BCUT2D eigenvalue weighted by atomic mass is 9.81. The van der Waals surface area contributed by atoms with Gasteiger partial charge in [-0.05, 0) is 51.9 Å². The highest BCUT2D eigenvalue weighted by Gasteiger charge is 2.35. The molecule has 2 fully saturated rings. The van der Waals surface area contributed by atoms with E-state index in [9.17, 15) is 4.79 Å². The van der Waals surface area contributed by atoms with Crippen molar-refractivity contribution in [2.45, 2.75) is 77.9 Å². The normalized spacial score (nSPS) is 27.9. The molecule has 122 valence electrons. The number of carbonyl (C=O) groups excluding carboxylic acids is 1. The SMILES string of the molecule is CC1(CNC2CCCC2)CCCN(C(=O)OC(C)(C)C)C1. The van der Waals surface area contributed by atoms with Crippen LogP contribution in [-0.2, 0) is 4.74 Å². The molecule has 4 nitrogen and oxygen atoms in total.